The maximum atomic E-state index is 12.9. The number of amides is 1. The van der Waals surface area contributed by atoms with E-state index in [1.54, 1.807) is 0 Å². The van der Waals surface area contributed by atoms with E-state index in [0.29, 0.717) is 19.8 Å². The number of piperidine rings is 1. The van der Waals surface area contributed by atoms with Crippen molar-refractivity contribution in [2.24, 2.45) is 0 Å². The number of rotatable bonds is 5. The lowest BCUT2D eigenvalue weighted by molar-refractivity contribution is -0.165. The van der Waals surface area contributed by atoms with E-state index in [-0.39, 0.29) is 24.2 Å². The van der Waals surface area contributed by atoms with Crippen LogP contribution in [0.3, 0.4) is 0 Å². The lowest BCUT2D eigenvalue weighted by atomic mass is 9.98. The highest BCUT2D eigenvalue weighted by atomic mass is 16.5. The zero-order valence-electron chi connectivity index (χ0n) is 15.1. The molecule has 3 aliphatic rings. The molecule has 4 atom stereocenters. The summed E-state index contributed by atoms with van der Waals surface area (Å²) >= 11 is 0. The Bertz CT molecular complexity index is 414. The van der Waals surface area contributed by atoms with Crippen molar-refractivity contribution in [3.05, 3.63) is 0 Å². The van der Waals surface area contributed by atoms with Crippen molar-refractivity contribution < 1.29 is 19.0 Å². The Balaban J connectivity index is 1.53. The van der Waals surface area contributed by atoms with Crippen molar-refractivity contribution in [1.82, 2.24) is 9.80 Å². The number of carbonyl (C=O) groups is 1. The van der Waals surface area contributed by atoms with Gasteiger partial charge in [-0.15, -0.1) is 0 Å². The first-order valence-electron chi connectivity index (χ1n) is 9.56. The van der Waals surface area contributed by atoms with Crippen LogP contribution in [0, 0.1) is 0 Å². The van der Waals surface area contributed by atoms with Crippen LogP contribution >= 0.6 is 0 Å². The van der Waals surface area contributed by atoms with Crippen LogP contribution < -0.4 is 0 Å². The first kappa shape index (κ1) is 18.1. The minimum atomic E-state index is -0.411. The zero-order valence-corrected chi connectivity index (χ0v) is 15.1. The Hall–Kier alpha value is -0.690. The molecule has 6 nitrogen and oxygen atoms in total. The molecule has 3 saturated heterocycles. The summed E-state index contributed by atoms with van der Waals surface area (Å²) in [6.45, 7) is 9.68. The topological polar surface area (TPSA) is 51.2 Å². The molecule has 0 radical (unpaired) electrons. The van der Waals surface area contributed by atoms with E-state index in [0.717, 1.165) is 45.5 Å². The van der Waals surface area contributed by atoms with Gasteiger partial charge >= 0.3 is 0 Å². The third kappa shape index (κ3) is 4.28. The number of nitrogens with zero attached hydrogens (tertiary/aromatic N) is 2. The molecule has 24 heavy (non-hydrogen) atoms. The molecule has 3 rings (SSSR count). The SMILES string of the molecule is CCN1CC[C@H]2OCCN(C(=O)C(C)OCC3CCCCO3)[C@H]2C1. The number of morpholine rings is 1. The first-order valence-corrected chi connectivity index (χ1v) is 9.56. The highest BCUT2D eigenvalue weighted by molar-refractivity contribution is 5.81. The third-order valence-corrected chi connectivity index (χ3v) is 5.55. The van der Waals surface area contributed by atoms with E-state index < -0.39 is 6.10 Å². The Morgan fingerprint density at radius 2 is 2.08 bits per heavy atom. The number of ether oxygens (including phenoxy) is 3. The lowest BCUT2D eigenvalue weighted by Gasteiger charge is -2.47. The van der Waals surface area contributed by atoms with Crippen LogP contribution in [0.2, 0.25) is 0 Å². The van der Waals surface area contributed by atoms with Gasteiger partial charge in [0.1, 0.15) is 6.10 Å². The fourth-order valence-corrected chi connectivity index (χ4v) is 3.99. The minimum absolute atomic E-state index is 0.0991. The summed E-state index contributed by atoms with van der Waals surface area (Å²) in [6.07, 6.45) is 4.29. The van der Waals surface area contributed by atoms with Crippen LogP contribution in [0.25, 0.3) is 0 Å². The number of hydrogen-bond acceptors (Lipinski definition) is 5. The van der Waals surface area contributed by atoms with Gasteiger partial charge in [-0.25, -0.2) is 0 Å². The Kier molecular flexibility index (Phi) is 6.49. The summed E-state index contributed by atoms with van der Waals surface area (Å²) < 4.78 is 17.5. The predicted octanol–water partition coefficient (Wildman–Crippen LogP) is 1.28. The highest BCUT2D eigenvalue weighted by Gasteiger charge is 2.40. The number of likely N-dealkylation sites (N-methyl/N-ethyl adjacent to an activating group) is 1. The molecule has 0 aromatic heterocycles. The van der Waals surface area contributed by atoms with E-state index in [1.807, 2.05) is 11.8 Å². The fraction of sp³-hybridized carbons (Fsp3) is 0.944. The smallest absolute Gasteiger partial charge is 0.251 e. The molecule has 3 heterocycles. The molecule has 0 saturated carbocycles. The van der Waals surface area contributed by atoms with Crippen LogP contribution in [0.15, 0.2) is 0 Å². The second-order valence-electron chi connectivity index (χ2n) is 7.15. The van der Waals surface area contributed by atoms with Crippen molar-refractivity contribution in [3.63, 3.8) is 0 Å². The van der Waals surface area contributed by atoms with Crippen molar-refractivity contribution in [2.45, 2.75) is 63.9 Å². The number of likely N-dealkylation sites (tertiary alicyclic amines) is 1. The first-order chi connectivity index (χ1) is 11.7. The summed E-state index contributed by atoms with van der Waals surface area (Å²) in [5, 5.41) is 0. The Morgan fingerprint density at radius 1 is 1.21 bits per heavy atom. The summed E-state index contributed by atoms with van der Waals surface area (Å²) in [6, 6.07) is 0.164. The number of fused-ring (bicyclic) bond motifs is 1. The lowest BCUT2D eigenvalue weighted by Crippen LogP contribution is -2.62. The number of hydrogen-bond donors (Lipinski definition) is 0. The molecule has 0 N–H and O–H groups in total. The van der Waals surface area contributed by atoms with Crippen molar-refractivity contribution >= 4 is 5.91 Å². The second-order valence-corrected chi connectivity index (χ2v) is 7.15. The molecule has 2 unspecified atom stereocenters. The number of carbonyl (C=O) groups excluding carboxylic acids is 1. The van der Waals surface area contributed by atoms with Gasteiger partial charge in [0, 0.05) is 26.2 Å². The largest absolute Gasteiger partial charge is 0.376 e. The van der Waals surface area contributed by atoms with Crippen LogP contribution in [0.1, 0.15) is 39.5 Å². The molecule has 3 aliphatic heterocycles. The third-order valence-electron chi connectivity index (χ3n) is 5.55. The molecule has 138 valence electrons. The monoisotopic (exact) mass is 340 g/mol. The highest BCUT2D eigenvalue weighted by Crippen LogP contribution is 2.24. The van der Waals surface area contributed by atoms with Gasteiger partial charge in [-0.3, -0.25) is 4.79 Å². The van der Waals surface area contributed by atoms with E-state index in [4.69, 9.17) is 14.2 Å². The summed E-state index contributed by atoms with van der Waals surface area (Å²) in [5.41, 5.74) is 0. The van der Waals surface area contributed by atoms with Gasteiger partial charge in [-0.2, -0.15) is 0 Å². The normalized spacial score (nSPS) is 33.1. The van der Waals surface area contributed by atoms with Gasteiger partial charge < -0.3 is 24.0 Å². The van der Waals surface area contributed by atoms with Gasteiger partial charge in [0.2, 0.25) is 0 Å². The quantitative estimate of drug-likeness (QED) is 0.755. The minimum Gasteiger partial charge on any atom is -0.376 e. The molecule has 0 aromatic rings. The Labute approximate surface area is 145 Å². The maximum absolute atomic E-state index is 12.9. The van der Waals surface area contributed by atoms with Crippen LogP contribution in [0.4, 0.5) is 0 Å². The van der Waals surface area contributed by atoms with Crippen LogP contribution in [-0.2, 0) is 19.0 Å². The van der Waals surface area contributed by atoms with Crippen molar-refractivity contribution in [2.75, 3.05) is 46.0 Å². The summed E-state index contributed by atoms with van der Waals surface area (Å²) in [5.74, 6) is 0.0991. The summed E-state index contributed by atoms with van der Waals surface area (Å²) in [4.78, 5) is 17.3. The molecule has 0 spiro atoms. The predicted molar refractivity (Wildman–Crippen MR) is 91.0 cm³/mol. The standard InChI is InChI=1S/C18H32N2O4/c1-3-19-8-7-17-16(12-19)20(9-11-23-17)18(21)14(2)24-13-15-6-4-5-10-22-15/h14-17H,3-13H2,1-2H3/t14?,15?,16-,17+/m0/s1. The van der Waals surface area contributed by atoms with E-state index in [2.05, 4.69) is 11.8 Å². The molecule has 1 amide bonds. The van der Waals surface area contributed by atoms with Crippen LogP contribution in [0.5, 0.6) is 0 Å². The molecule has 0 bridgehead atoms. The van der Waals surface area contributed by atoms with Crippen molar-refractivity contribution in [1.29, 1.82) is 0 Å². The maximum Gasteiger partial charge on any atom is 0.251 e. The molecular weight excluding hydrogens is 308 g/mol. The Morgan fingerprint density at radius 3 is 2.83 bits per heavy atom. The van der Waals surface area contributed by atoms with Gasteiger partial charge in [-0.05, 0) is 39.2 Å². The molecule has 0 aromatic carbocycles. The van der Waals surface area contributed by atoms with E-state index >= 15 is 0 Å². The van der Waals surface area contributed by atoms with Crippen molar-refractivity contribution in [3.8, 4) is 0 Å². The average Bonchev–Trinajstić information content (AvgIpc) is 2.65. The van der Waals surface area contributed by atoms with E-state index in [9.17, 15) is 4.79 Å². The average molecular weight is 340 g/mol. The molecule has 3 fully saturated rings. The second kappa shape index (κ2) is 8.61. The zero-order chi connectivity index (χ0) is 16.9. The van der Waals surface area contributed by atoms with Gasteiger partial charge in [0.15, 0.2) is 0 Å². The van der Waals surface area contributed by atoms with E-state index in [1.165, 1.54) is 6.42 Å². The van der Waals surface area contributed by atoms with Gasteiger partial charge in [0.05, 0.1) is 31.5 Å². The molecule has 0 aliphatic carbocycles. The molecule has 6 heteroatoms. The summed E-state index contributed by atoms with van der Waals surface area (Å²) in [7, 11) is 0. The van der Waals surface area contributed by atoms with Gasteiger partial charge in [0.25, 0.3) is 5.91 Å². The van der Waals surface area contributed by atoms with Crippen LogP contribution in [-0.4, -0.2) is 86.1 Å². The van der Waals surface area contributed by atoms with Gasteiger partial charge in [-0.1, -0.05) is 6.92 Å². The molecular formula is C18H32N2O4. The fourth-order valence-electron chi connectivity index (χ4n) is 3.99.